The van der Waals surface area contributed by atoms with Crippen LogP contribution in [0.5, 0.6) is 0 Å². The molecule has 0 aliphatic carbocycles. The molecule has 0 spiro atoms. The Balaban J connectivity index is 2.26. The molecule has 4 N–H and O–H groups in total. The number of halogens is 1. The number of nitrogens with one attached hydrogen (secondary N) is 2. The average Bonchev–Trinajstić information content (AvgIpc) is 2.41. The molecule has 0 radical (unpaired) electrons. The Labute approximate surface area is 119 Å². The number of hydrogen-bond donors (Lipinski definition) is 3. The van der Waals surface area contributed by atoms with E-state index < -0.39 is 0 Å². The third-order valence-corrected chi connectivity index (χ3v) is 3.12. The van der Waals surface area contributed by atoms with Crippen LogP contribution in [0.2, 0.25) is 0 Å². The van der Waals surface area contributed by atoms with Crippen LogP contribution in [0.4, 0.5) is 11.5 Å². The summed E-state index contributed by atoms with van der Waals surface area (Å²) in [5.74, 6) is 5.42. The molecule has 19 heavy (non-hydrogen) atoms. The fraction of sp³-hybridized carbons (Fsp3) is 0.0769. The number of nitrogen functional groups attached to an aromatic ring is 1. The maximum absolute atomic E-state index is 12.2. The lowest BCUT2D eigenvalue weighted by atomic mass is 10.2. The molecule has 1 amide bonds. The third-order valence-electron chi connectivity index (χ3n) is 2.63. The van der Waals surface area contributed by atoms with Crippen LogP contribution >= 0.6 is 15.9 Å². The number of pyridine rings is 1. The number of hydrazine groups is 1. The van der Waals surface area contributed by atoms with E-state index >= 15 is 0 Å². The molecule has 0 unspecified atom stereocenters. The van der Waals surface area contributed by atoms with Crippen molar-refractivity contribution in [2.45, 2.75) is 6.92 Å². The highest BCUT2D eigenvalue weighted by molar-refractivity contribution is 9.10. The molecular weight excluding hydrogens is 308 g/mol. The molecule has 0 aliphatic rings. The van der Waals surface area contributed by atoms with Gasteiger partial charge in [0.1, 0.15) is 0 Å². The van der Waals surface area contributed by atoms with Crippen LogP contribution in [0.3, 0.4) is 0 Å². The number of aryl methyl sites for hydroxylation is 1. The second-order valence-corrected chi connectivity index (χ2v) is 4.87. The summed E-state index contributed by atoms with van der Waals surface area (Å²) < 4.78 is 0.966. The fourth-order valence-electron chi connectivity index (χ4n) is 1.66. The summed E-state index contributed by atoms with van der Waals surface area (Å²) in [5.41, 5.74) is 4.52. The van der Waals surface area contributed by atoms with Crippen molar-refractivity contribution in [1.82, 2.24) is 4.98 Å². The Morgan fingerprint density at radius 1 is 1.37 bits per heavy atom. The molecule has 1 heterocycles. The lowest BCUT2D eigenvalue weighted by Gasteiger charge is -2.10. The van der Waals surface area contributed by atoms with Crippen molar-refractivity contribution in [1.29, 1.82) is 0 Å². The van der Waals surface area contributed by atoms with Gasteiger partial charge in [-0.25, -0.2) is 10.8 Å². The first-order chi connectivity index (χ1) is 9.11. The minimum absolute atomic E-state index is 0.258. The van der Waals surface area contributed by atoms with Gasteiger partial charge in [-0.05, 0) is 42.8 Å². The highest BCUT2D eigenvalue weighted by Crippen LogP contribution is 2.21. The molecule has 1 aromatic heterocycles. The Hall–Kier alpha value is -1.92. The van der Waals surface area contributed by atoms with E-state index in [0.29, 0.717) is 11.4 Å². The molecule has 0 saturated heterocycles. The molecule has 2 rings (SSSR count). The van der Waals surface area contributed by atoms with Crippen molar-refractivity contribution in [2.75, 3.05) is 10.7 Å². The highest BCUT2D eigenvalue weighted by atomic mass is 79.9. The van der Waals surface area contributed by atoms with Gasteiger partial charge in [-0.2, -0.15) is 0 Å². The molecule has 1 aromatic carbocycles. The maximum Gasteiger partial charge on any atom is 0.259 e. The summed E-state index contributed by atoms with van der Waals surface area (Å²) in [5, 5.41) is 2.83. The second kappa shape index (κ2) is 5.81. The summed E-state index contributed by atoms with van der Waals surface area (Å²) in [7, 11) is 0. The lowest BCUT2D eigenvalue weighted by molar-refractivity contribution is 0.102. The summed E-state index contributed by atoms with van der Waals surface area (Å²) in [6.45, 7) is 1.92. The maximum atomic E-state index is 12.2. The van der Waals surface area contributed by atoms with Crippen LogP contribution in [-0.2, 0) is 0 Å². The molecule has 6 heteroatoms. The van der Waals surface area contributed by atoms with Crippen molar-refractivity contribution in [3.63, 3.8) is 0 Å². The molecule has 0 saturated carbocycles. The number of nitrogens with zero attached hydrogens (tertiary/aromatic N) is 1. The van der Waals surface area contributed by atoms with Gasteiger partial charge in [-0.15, -0.1) is 0 Å². The van der Waals surface area contributed by atoms with Gasteiger partial charge in [-0.3, -0.25) is 4.79 Å². The molecule has 0 fully saturated rings. The Morgan fingerprint density at radius 3 is 2.84 bits per heavy atom. The Bertz CT molecular complexity index is 615. The predicted octanol–water partition coefficient (Wildman–Crippen LogP) is 2.69. The number of rotatable bonds is 3. The number of hydrogen-bond acceptors (Lipinski definition) is 4. The summed E-state index contributed by atoms with van der Waals surface area (Å²) in [6, 6.07) is 8.98. The smallest absolute Gasteiger partial charge is 0.259 e. The van der Waals surface area contributed by atoms with Crippen LogP contribution in [0, 0.1) is 6.92 Å². The zero-order chi connectivity index (χ0) is 13.8. The van der Waals surface area contributed by atoms with Crippen molar-refractivity contribution >= 4 is 33.3 Å². The van der Waals surface area contributed by atoms with E-state index in [2.05, 4.69) is 31.7 Å². The minimum Gasteiger partial charge on any atom is -0.322 e. The minimum atomic E-state index is -0.258. The average molecular weight is 321 g/mol. The third kappa shape index (κ3) is 3.10. The highest BCUT2D eigenvalue weighted by Gasteiger charge is 2.12. The van der Waals surface area contributed by atoms with E-state index in [0.717, 1.165) is 15.7 Å². The first-order valence-corrected chi connectivity index (χ1v) is 6.40. The Kier molecular flexibility index (Phi) is 4.13. The van der Waals surface area contributed by atoms with Crippen molar-refractivity contribution in [2.24, 2.45) is 5.84 Å². The molecule has 98 valence electrons. The van der Waals surface area contributed by atoms with E-state index in [4.69, 9.17) is 5.84 Å². The molecule has 0 atom stereocenters. The van der Waals surface area contributed by atoms with Gasteiger partial charge in [0.15, 0.2) is 5.82 Å². The quantitative estimate of drug-likeness (QED) is 0.600. The number of amides is 1. The Morgan fingerprint density at radius 2 is 2.16 bits per heavy atom. The van der Waals surface area contributed by atoms with Crippen LogP contribution in [0.15, 0.2) is 41.0 Å². The van der Waals surface area contributed by atoms with E-state index in [1.807, 2.05) is 25.1 Å². The zero-order valence-corrected chi connectivity index (χ0v) is 11.9. The van der Waals surface area contributed by atoms with Crippen LogP contribution in [0.25, 0.3) is 0 Å². The standard InChI is InChI=1S/C13H13BrN4O/c1-8-7-9(14)4-5-11(8)17-13(19)10-3-2-6-16-12(10)18-15/h2-7H,15H2,1H3,(H,16,18)(H,17,19). The van der Waals surface area contributed by atoms with Gasteiger partial charge in [0.2, 0.25) is 0 Å². The number of carbonyl (C=O) groups is 1. The van der Waals surface area contributed by atoms with E-state index in [9.17, 15) is 4.79 Å². The van der Waals surface area contributed by atoms with Crippen LogP contribution in [0.1, 0.15) is 15.9 Å². The van der Waals surface area contributed by atoms with Gasteiger partial charge in [-0.1, -0.05) is 15.9 Å². The number of anilines is 2. The lowest BCUT2D eigenvalue weighted by Crippen LogP contribution is -2.18. The normalized spacial score (nSPS) is 10.1. The molecule has 0 bridgehead atoms. The summed E-state index contributed by atoms with van der Waals surface area (Å²) in [4.78, 5) is 16.2. The largest absolute Gasteiger partial charge is 0.322 e. The number of carbonyl (C=O) groups excluding carboxylic acids is 1. The first-order valence-electron chi connectivity index (χ1n) is 5.61. The second-order valence-electron chi connectivity index (χ2n) is 3.96. The molecule has 0 aliphatic heterocycles. The van der Waals surface area contributed by atoms with E-state index in [1.54, 1.807) is 18.3 Å². The number of benzene rings is 1. The topological polar surface area (TPSA) is 80.0 Å². The van der Waals surface area contributed by atoms with Gasteiger partial charge < -0.3 is 10.7 Å². The van der Waals surface area contributed by atoms with Gasteiger partial charge in [0.25, 0.3) is 5.91 Å². The predicted molar refractivity (Wildman–Crippen MR) is 78.9 cm³/mol. The van der Waals surface area contributed by atoms with Crippen molar-refractivity contribution < 1.29 is 4.79 Å². The van der Waals surface area contributed by atoms with Crippen LogP contribution < -0.4 is 16.6 Å². The molecule has 2 aromatic rings. The van der Waals surface area contributed by atoms with Crippen molar-refractivity contribution in [3.8, 4) is 0 Å². The number of aromatic nitrogens is 1. The summed E-state index contributed by atoms with van der Waals surface area (Å²) in [6.07, 6.45) is 1.57. The SMILES string of the molecule is Cc1cc(Br)ccc1NC(=O)c1cccnc1NN. The van der Waals surface area contributed by atoms with E-state index in [-0.39, 0.29) is 5.91 Å². The van der Waals surface area contributed by atoms with Gasteiger partial charge >= 0.3 is 0 Å². The van der Waals surface area contributed by atoms with E-state index in [1.165, 1.54) is 0 Å². The van der Waals surface area contributed by atoms with Crippen LogP contribution in [-0.4, -0.2) is 10.9 Å². The van der Waals surface area contributed by atoms with Gasteiger partial charge in [0, 0.05) is 16.4 Å². The van der Waals surface area contributed by atoms with Crippen molar-refractivity contribution in [3.05, 3.63) is 52.1 Å². The molecule has 5 nitrogen and oxygen atoms in total. The molecular formula is C13H13BrN4O. The first kappa shape index (κ1) is 13.5. The fourth-order valence-corrected chi connectivity index (χ4v) is 2.14. The van der Waals surface area contributed by atoms with Gasteiger partial charge in [0.05, 0.1) is 5.56 Å². The monoisotopic (exact) mass is 320 g/mol. The summed E-state index contributed by atoms with van der Waals surface area (Å²) >= 11 is 3.38. The number of nitrogens with two attached hydrogens (primary N) is 1. The zero-order valence-electron chi connectivity index (χ0n) is 10.3.